The van der Waals surface area contributed by atoms with Crippen molar-refractivity contribution in [2.24, 2.45) is 5.92 Å². The first-order valence-electron chi connectivity index (χ1n) is 6.61. The third kappa shape index (κ3) is 3.80. The van der Waals surface area contributed by atoms with Crippen molar-refractivity contribution in [3.05, 3.63) is 33.8 Å². The normalized spacial score (nSPS) is 19.4. The molecule has 7 heteroatoms. The van der Waals surface area contributed by atoms with Gasteiger partial charge in [0.25, 0.3) is 0 Å². The molecular formula is C14H16Cl2N2O3. The van der Waals surface area contributed by atoms with E-state index in [1.165, 1.54) is 4.90 Å². The van der Waals surface area contributed by atoms with Crippen molar-refractivity contribution in [3.8, 4) is 0 Å². The summed E-state index contributed by atoms with van der Waals surface area (Å²) in [6.07, 6.45) is 0.485. The maximum absolute atomic E-state index is 12.1. The highest BCUT2D eigenvalue weighted by Crippen LogP contribution is 2.26. The van der Waals surface area contributed by atoms with Crippen molar-refractivity contribution >= 4 is 35.2 Å². The van der Waals surface area contributed by atoms with Crippen molar-refractivity contribution in [2.45, 2.75) is 19.4 Å². The molecule has 0 radical (unpaired) electrons. The summed E-state index contributed by atoms with van der Waals surface area (Å²) in [5.74, 6) is -1.34. The molecular weight excluding hydrogens is 315 g/mol. The van der Waals surface area contributed by atoms with Crippen molar-refractivity contribution in [3.63, 3.8) is 0 Å². The first-order chi connectivity index (χ1) is 9.88. The van der Waals surface area contributed by atoms with Gasteiger partial charge in [-0.3, -0.25) is 4.79 Å². The fraction of sp³-hybridized carbons (Fsp3) is 0.429. The van der Waals surface area contributed by atoms with E-state index in [9.17, 15) is 9.59 Å². The van der Waals surface area contributed by atoms with Crippen LogP contribution in [0.3, 0.4) is 0 Å². The average Bonchev–Trinajstić information content (AvgIpc) is 2.88. The Labute approximate surface area is 132 Å². The van der Waals surface area contributed by atoms with E-state index in [0.29, 0.717) is 23.0 Å². The van der Waals surface area contributed by atoms with Gasteiger partial charge in [-0.1, -0.05) is 29.3 Å². The Morgan fingerprint density at radius 1 is 1.43 bits per heavy atom. The molecule has 0 bridgehead atoms. The molecule has 1 saturated heterocycles. The number of hydrogen-bond acceptors (Lipinski definition) is 2. The van der Waals surface area contributed by atoms with Crippen LogP contribution < -0.4 is 5.32 Å². The van der Waals surface area contributed by atoms with E-state index in [2.05, 4.69) is 5.32 Å². The van der Waals surface area contributed by atoms with Crippen LogP contribution >= 0.6 is 23.2 Å². The minimum absolute atomic E-state index is 0.238. The molecule has 2 N–H and O–H groups in total. The Morgan fingerprint density at radius 3 is 2.71 bits per heavy atom. The highest BCUT2D eigenvalue weighted by atomic mass is 35.5. The molecule has 21 heavy (non-hydrogen) atoms. The first kappa shape index (κ1) is 15.9. The monoisotopic (exact) mass is 330 g/mol. The number of carbonyl (C=O) groups excluding carboxylic acids is 1. The third-order valence-electron chi connectivity index (χ3n) is 3.59. The van der Waals surface area contributed by atoms with E-state index in [4.69, 9.17) is 28.3 Å². The minimum atomic E-state index is -0.862. The van der Waals surface area contributed by atoms with E-state index in [-0.39, 0.29) is 18.6 Å². The van der Waals surface area contributed by atoms with Crippen molar-refractivity contribution in [1.29, 1.82) is 0 Å². The summed E-state index contributed by atoms with van der Waals surface area (Å²) in [4.78, 5) is 24.5. The number of hydrogen-bond donors (Lipinski definition) is 2. The van der Waals surface area contributed by atoms with E-state index in [0.717, 1.165) is 5.56 Å². The first-order valence-corrected chi connectivity index (χ1v) is 7.37. The second-order valence-electron chi connectivity index (χ2n) is 5.11. The zero-order chi connectivity index (χ0) is 15.6. The number of likely N-dealkylation sites (tertiary alicyclic amines) is 1. The highest BCUT2D eigenvalue weighted by Gasteiger charge is 2.31. The molecule has 0 aromatic heterocycles. The van der Waals surface area contributed by atoms with Crippen molar-refractivity contribution in [1.82, 2.24) is 10.2 Å². The molecule has 0 saturated carbocycles. The van der Waals surface area contributed by atoms with E-state index >= 15 is 0 Å². The SMILES string of the molecule is C[C@H](NC(=O)N1CCC(C(=O)O)C1)c1ccc(Cl)cc1Cl. The number of halogens is 2. The van der Waals surface area contributed by atoms with Crippen LogP contribution in [-0.2, 0) is 4.79 Å². The summed E-state index contributed by atoms with van der Waals surface area (Å²) in [6.45, 7) is 2.50. The Hall–Kier alpha value is -1.46. The molecule has 0 aliphatic carbocycles. The quantitative estimate of drug-likeness (QED) is 0.894. The van der Waals surface area contributed by atoms with E-state index in [1.54, 1.807) is 18.2 Å². The number of amides is 2. The van der Waals surface area contributed by atoms with Gasteiger partial charge < -0.3 is 15.3 Å². The topological polar surface area (TPSA) is 69.6 Å². The lowest BCUT2D eigenvalue weighted by atomic mass is 10.1. The van der Waals surface area contributed by atoms with Crippen LogP contribution in [0, 0.1) is 5.92 Å². The summed E-state index contributed by atoms with van der Waals surface area (Å²) in [6, 6.07) is 4.53. The molecule has 2 amide bonds. The second-order valence-corrected chi connectivity index (χ2v) is 5.95. The van der Waals surface area contributed by atoms with Gasteiger partial charge in [0.15, 0.2) is 0 Å². The van der Waals surface area contributed by atoms with Crippen molar-refractivity contribution < 1.29 is 14.7 Å². The van der Waals surface area contributed by atoms with Gasteiger partial charge in [0.1, 0.15) is 0 Å². The van der Waals surface area contributed by atoms with Crippen molar-refractivity contribution in [2.75, 3.05) is 13.1 Å². The van der Waals surface area contributed by atoms with E-state index < -0.39 is 11.9 Å². The fourth-order valence-corrected chi connectivity index (χ4v) is 2.93. The smallest absolute Gasteiger partial charge is 0.317 e. The second kappa shape index (κ2) is 6.54. The summed E-state index contributed by atoms with van der Waals surface area (Å²) >= 11 is 11.9. The van der Waals surface area contributed by atoms with E-state index in [1.807, 2.05) is 6.92 Å². The van der Waals surface area contributed by atoms with Gasteiger partial charge in [0.2, 0.25) is 0 Å². The highest BCUT2D eigenvalue weighted by molar-refractivity contribution is 6.35. The zero-order valence-electron chi connectivity index (χ0n) is 11.5. The van der Waals surface area contributed by atoms with Gasteiger partial charge in [-0.25, -0.2) is 4.79 Å². The number of nitrogens with one attached hydrogen (secondary N) is 1. The van der Waals surface area contributed by atoms with Gasteiger partial charge >= 0.3 is 12.0 Å². The number of benzene rings is 1. The largest absolute Gasteiger partial charge is 0.481 e. The predicted octanol–water partition coefficient (Wildman–Crippen LogP) is 3.17. The number of urea groups is 1. The summed E-state index contributed by atoms with van der Waals surface area (Å²) in [5.41, 5.74) is 0.767. The lowest BCUT2D eigenvalue weighted by Crippen LogP contribution is -2.40. The van der Waals surface area contributed by atoms with Crippen LogP contribution in [-0.4, -0.2) is 35.1 Å². The summed E-state index contributed by atoms with van der Waals surface area (Å²) in [5, 5.41) is 12.8. The van der Waals surface area contributed by atoms with Gasteiger partial charge in [-0.05, 0) is 31.0 Å². The molecule has 1 aromatic rings. The fourth-order valence-electron chi connectivity index (χ4n) is 2.35. The maximum atomic E-state index is 12.1. The Balaban J connectivity index is 1.98. The third-order valence-corrected chi connectivity index (χ3v) is 4.16. The maximum Gasteiger partial charge on any atom is 0.317 e. The number of carbonyl (C=O) groups is 2. The molecule has 2 rings (SSSR count). The average molecular weight is 331 g/mol. The van der Waals surface area contributed by atoms with Gasteiger partial charge in [-0.15, -0.1) is 0 Å². The van der Waals surface area contributed by atoms with Gasteiger partial charge in [0, 0.05) is 23.1 Å². The molecule has 1 heterocycles. The number of carboxylic acid groups (broad SMARTS) is 1. The Morgan fingerprint density at radius 2 is 2.14 bits per heavy atom. The number of aliphatic carboxylic acids is 1. The number of carboxylic acids is 1. The predicted molar refractivity (Wildman–Crippen MR) is 80.7 cm³/mol. The molecule has 0 spiro atoms. The molecule has 1 fully saturated rings. The summed E-state index contributed by atoms with van der Waals surface area (Å²) < 4.78 is 0. The number of nitrogens with zero attached hydrogens (tertiary/aromatic N) is 1. The molecule has 114 valence electrons. The Bertz CT molecular complexity index is 565. The lowest BCUT2D eigenvalue weighted by molar-refractivity contribution is -0.141. The number of rotatable bonds is 3. The van der Waals surface area contributed by atoms with Crippen LogP contribution in [0.5, 0.6) is 0 Å². The van der Waals surface area contributed by atoms with Gasteiger partial charge in [-0.2, -0.15) is 0 Å². The van der Waals surface area contributed by atoms with Gasteiger partial charge in [0.05, 0.1) is 12.0 Å². The van der Waals surface area contributed by atoms with Crippen LogP contribution in [0.25, 0.3) is 0 Å². The lowest BCUT2D eigenvalue weighted by Gasteiger charge is -2.21. The van der Waals surface area contributed by atoms with Crippen LogP contribution in [0.15, 0.2) is 18.2 Å². The Kier molecular flexibility index (Phi) is 4.96. The summed E-state index contributed by atoms with van der Waals surface area (Å²) in [7, 11) is 0. The van der Waals surface area contributed by atoms with Crippen LogP contribution in [0.2, 0.25) is 10.0 Å². The molecule has 1 aromatic carbocycles. The molecule has 5 nitrogen and oxygen atoms in total. The van der Waals surface area contributed by atoms with Crippen LogP contribution in [0.4, 0.5) is 4.79 Å². The zero-order valence-corrected chi connectivity index (χ0v) is 13.0. The molecule has 1 unspecified atom stereocenters. The van der Waals surface area contributed by atoms with Crippen LogP contribution in [0.1, 0.15) is 24.9 Å². The molecule has 1 aliphatic heterocycles. The molecule has 1 aliphatic rings. The standard InChI is InChI=1S/C14H16Cl2N2O3/c1-8(11-3-2-10(15)6-12(11)16)17-14(21)18-5-4-9(7-18)13(19)20/h2-3,6,8-9H,4-5,7H2,1H3,(H,17,21)(H,19,20)/t8-,9?/m0/s1. The molecule has 2 atom stereocenters. The minimum Gasteiger partial charge on any atom is -0.481 e.